The van der Waals surface area contributed by atoms with Gasteiger partial charge in [-0.25, -0.2) is 9.97 Å². The summed E-state index contributed by atoms with van der Waals surface area (Å²) >= 11 is 3.23. The molecule has 124 valence electrons. The van der Waals surface area contributed by atoms with Gasteiger partial charge in [0.15, 0.2) is 0 Å². The summed E-state index contributed by atoms with van der Waals surface area (Å²) in [5.41, 5.74) is 2.33. The molecule has 4 aromatic rings. The molecule has 0 saturated carbocycles. The lowest BCUT2D eigenvalue weighted by Gasteiger charge is -2.02. The highest BCUT2D eigenvalue weighted by Gasteiger charge is 2.23. The first kappa shape index (κ1) is 15.0. The largest absolute Gasteiger partial charge is 0.411 e. The molecule has 0 unspecified atom stereocenters. The van der Waals surface area contributed by atoms with Crippen molar-refractivity contribution in [3.05, 3.63) is 46.6 Å². The van der Waals surface area contributed by atoms with Crippen molar-refractivity contribution < 1.29 is 4.42 Å². The quantitative estimate of drug-likeness (QED) is 0.490. The fourth-order valence-corrected chi connectivity index (χ4v) is 5.41. The summed E-state index contributed by atoms with van der Waals surface area (Å²) in [5, 5.41) is 11.0. The van der Waals surface area contributed by atoms with Gasteiger partial charge in [-0.2, -0.15) is 0 Å². The van der Waals surface area contributed by atoms with Gasteiger partial charge in [0.2, 0.25) is 5.89 Å². The highest BCUT2D eigenvalue weighted by molar-refractivity contribution is 7.99. The normalized spacial score (nSPS) is 13.5. The summed E-state index contributed by atoms with van der Waals surface area (Å²) in [5.74, 6) is 1.30. The van der Waals surface area contributed by atoms with E-state index in [1.807, 2.05) is 37.3 Å². The van der Waals surface area contributed by atoms with Gasteiger partial charge in [-0.3, -0.25) is 0 Å². The summed E-state index contributed by atoms with van der Waals surface area (Å²) in [6.07, 6.45) is 3.47. The predicted octanol–water partition coefficient (Wildman–Crippen LogP) is 4.69. The van der Waals surface area contributed by atoms with E-state index >= 15 is 0 Å². The van der Waals surface area contributed by atoms with Crippen molar-refractivity contribution >= 4 is 33.3 Å². The molecule has 5 rings (SSSR count). The molecular weight excluding hydrogens is 352 g/mol. The second-order valence-electron chi connectivity index (χ2n) is 5.95. The number of hydrogen-bond donors (Lipinski definition) is 0. The van der Waals surface area contributed by atoms with E-state index in [0.717, 1.165) is 34.1 Å². The van der Waals surface area contributed by atoms with E-state index in [2.05, 4.69) is 20.2 Å². The molecular formula is C18H14N4OS2. The van der Waals surface area contributed by atoms with Gasteiger partial charge in [0.05, 0.1) is 0 Å². The van der Waals surface area contributed by atoms with Gasteiger partial charge in [-0.15, -0.1) is 21.5 Å². The Morgan fingerprint density at radius 1 is 1.08 bits per heavy atom. The molecule has 0 aliphatic heterocycles. The molecule has 0 spiro atoms. The van der Waals surface area contributed by atoms with Crippen molar-refractivity contribution in [1.82, 2.24) is 20.2 Å². The van der Waals surface area contributed by atoms with Crippen LogP contribution >= 0.6 is 23.1 Å². The summed E-state index contributed by atoms with van der Waals surface area (Å²) in [7, 11) is 0. The molecule has 3 heterocycles. The predicted molar refractivity (Wildman–Crippen MR) is 98.0 cm³/mol. The van der Waals surface area contributed by atoms with E-state index in [1.54, 1.807) is 11.3 Å². The highest BCUT2D eigenvalue weighted by atomic mass is 32.2. The number of benzene rings is 1. The van der Waals surface area contributed by atoms with E-state index in [0.29, 0.717) is 11.1 Å². The lowest BCUT2D eigenvalue weighted by Crippen LogP contribution is -1.92. The number of rotatable bonds is 3. The highest BCUT2D eigenvalue weighted by Crippen LogP contribution is 2.42. The Labute approximate surface area is 152 Å². The van der Waals surface area contributed by atoms with Crippen molar-refractivity contribution in [2.75, 3.05) is 0 Å². The second-order valence-corrected chi connectivity index (χ2v) is 7.98. The molecule has 0 N–H and O–H groups in total. The third-order valence-electron chi connectivity index (χ3n) is 4.25. The van der Waals surface area contributed by atoms with Gasteiger partial charge >= 0.3 is 0 Å². The van der Waals surface area contributed by atoms with Gasteiger partial charge in [-0.1, -0.05) is 18.2 Å². The Kier molecular flexibility index (Phi) is 3.57. The lowest BCUT2D eigenvalue weighted by molar-refractivity contribution is 0.465. The van der Waals surface area contributed by atoms with Crippen LogP contribution in [-0.2, 0) is 12.8 Å². The topological polar surface area (TPSA) is 64.7 Å². The van der Waals surface area contributed by atoms with E-state index in [4.69, 9.17) is 4.42 Å². The summed E-state index contributed by atoms with van der Waals surface area (Å²) in [6, 6.07) is 9.80. The standard InChI is InChI=1S/C18H14N4OS2/c1-10-19-16-14(12-8-5-9-13(12)24-16)17(20-10)25-18-22-21-15(23-18)11-6-3-2-4-7-11/h2-4,6-7H,5,8-9H2,1H3. The molecule has 5 nitrogen and oxygen atoms in total. The van der Waals surface area contributed by atoms with E-state index < -0.39 is 0 Å². The monoisotopic (exact) mass is 366 g/mol. The maximum atomic E-state index is 5.84. The minimum absolute atomic E-state index is 0.510. The number of aryl methyl sites for hydroxylation is 3. The van der Waals surface area contributed by atoms with Crippen LogP contribution in [0.3, 0.4) is 0 Å². The number of fused-ring (bicyclic) bond motifs is 3. The molecule has 0 saturated heterocycles. The average Bonchev–Trinajstić information content (AvgIpc) is 3.31. The Hall–Kier alpha value is -2.25. The Morgan fingerprint density at radius 3 is 2.84 bits per heavy atom. The van der Waals surface area contributed by atoms with Crippen LogP contribution in [0.15, 0.2) is 45.0 Å². The van der Waals surface area contributed by atoms with E-state index in [9.17, 15) is 0 Å². The number of hydrogen-bond acceptors (Lipinski definition) is 7. The number of aromatic nitrogens is 4. The summed E-state index contributed by atoms with van der Waals surface area (Å²) in [6.45, 7) is 1.93. The Balaban J connectivity index is 1.55. The minimum atomic E-state index is 0.510. The van der Waals surface area contributed by atoms with Gasteiger partial charge in [0.1, 0.15) is 15.7 Å². The Morgan fingerprint density at radius 2 is 1.96 bits per heavy atom. The van der Waals surface area contributed by atoms with Crippen molar-refractivity contribution in [1.29, 1.82) is 0 Å². The SMILES string of the molecule is Cc1nc(Sc2nnc(-c3ccccc3)o2)c2c3c(sc2n1)CCC3. The molecule has 7 heteroatoms. The summed E-state index contributed by atoms with van der Waals surface area (Å²) < 4.78 is 5.84. The van der Waals surface area contributed by atoms with Crippen LogP contribution in [0.4, 0.5) is 0 Å². The van der Waals surface area contributed by atoms with Crippen LogP contribution in [0, 0.1) is 6.92 Å². The van der Waals surface area contributed by atoms with Crippen molar-refractivity contribution in [3.8, 4) is 11.5 Å². The minimum Gasteiger partial charge on any atom is -0.411 e. The van der Waals surface area contributed by atoms with Crippen molar-refractivity contribution in [2.24, 2.45) is 0 Å². The van der Waals surface area contributed by atoms with Gasteiger partial charge in [-0.05, 0) is 55.6 Å². The number of nitrogens with zero attached hydrogens (tertiary/aromatic N) is 4. The first-order chi connectivity index (χ1) is 12.3. The molecule has 1 aliphatic rings. The van der Waals surface area contributed by atoms with Crippen LogP contribution in [-0.4, -0.2) is 20.2 Å². The fourth-order valence-electron chi connectivity index (χ4n) is 3.17. The maximum absolute atomic E-state index is 5.84. The van der Waals surface area contributed by atoms with Crippen molar-refractivity contribution in [2.45, 2.75) is 36.4 Å². The fraction of sp³-hybridized carbons (Fsp3) is 0.222. The first-order valence-electron chi connectivity index (χ1n) is 8.13. The van der Waals surface area contributed by atoms with Crippen molar-refractivity contribution in [3.63, 3.8) is 0 Å². The maximum Gasteiger partial charge on any atom is 0.283 e. The van der Waals surface area contributed by atoms with Crippen LogP contribution in [0.25, 0.3) is 21.7 Å². The molecule has 3 aromatic heterocycles. The van der Waals surface area contributed by atoms with Gasteiger partial charge in [0, 0.05) is 15.8 Å². The third-order valence-corrected chi connectivity index (χ3v) is 6.27. The lowest BCUT2D eigenvalue weighted by atomic mass is 10.2. The number of thiophene rings is 1. The summed E-state index contributed by atoms with van der Waals surface area (Å²) in [4.78, 5) is 11.8. The Bertz CT molecular complexity index is 1070. The smallest absolute Gasteiger partial charge is 0.283 e. The molecule has 0 amide bonds. The van der Waals surface area contributed by atoms with Crippen LogP contribution in [0.5, 0.6) is 0 Å². The molecule has 0 bridgehead atoms. The zero-order valence-corrected chi connectivity index (χ0v) is 15.2. The van der Waals surface area contributed by atoms with E-state index in [-0.39, 0.29) is 0 Å². The molecule has 0 radical (unpaired) electrons. The molecule has 0 fully saturated rings. The van der Waals surface area contributed by atoms with Crippen LogP contribution in [0.1, 0.15) is 22.7 Å². The molecule has 1 aliphatic carbocycles. The molecule has 1 aromatic carbocycles. The second kappa shape index (κ2) is 5.93. The van der Waals surface area contributed by atoms with Crippen LogP contribution in [0.2, 0.25) is 0 Å². The van der Waals surface area contributed by atoms with E-state index in [1.165, 1.54) is 34.0 Å². The zero-order valence-electron chi connectivity index (χ0n) is 13.5. The average molecular weight is 366 g/mol. The first-order valence-corrected chi connectivity index (χ1v) is 9.77. The van der Waals surface area contributed by atoms with Crippen LogP contribution < -0.4 is 0 Å². The third kappa shape index (κ3) is 2.63. The van der Waals surface area contributed by atoms with Gasteiger partial charge in [0.25, 0.3) is 5.22 Å². The van der Waals surface area contributed by atoms with Gasteiger partial charge < -0.3 is 4.42 Å². The molecule has 0 atom stereocenters. The zero-order chi connectivity index (χ0) is 16.8. The molecule has 25 heavy (non-hydrogen) atoms.